The van der Waals surface area contributed by atoms with E-state index in [2.05, 4.69) is 10.3 Å². The first kappa shape index (κ1) is 13.4. The fourth-order valence-electron chi connectivity index (χ4n) is 1.41. The average molecular weight is 237 g/mol. The molecule has 5 heteroatoms. The number of rotatable bonds is 5. The molecule has 5 nitrogen and oxygen atoms in total. The number of nitrogens with one attached hydrogen (secondary N) is 2. The van der Waals surface area contributed by atoms with E-state index in [9.17, 15) is 9.59 Å². The highest BCUT2D eigenvalue weighted by atomic mass is 16.1. The largest absolute Gasteiger partial charge is 0.350 e. The van der Waals surface area contributed by atoms with Crippen LogP contribution in [0.5, 0.6) is 0 Å². The Labute approximate surface area is 100 Å². The Kier molecular flexibility index (Phi) is 4.45. The molecule has 1 aromatic heterocycles. The predicted octanol–water partition coefficient (Wildman–Crippen LogP) is 0.622. The van der Waals surface area contributed by atoms with Crippen molar-refractivity contribution in [2.24, 2.45) is 5.73 Å². The van der Waals surface area contributed by atoms with Crippen molar-refractivity contribution in [2.75, 3.05) is 6.54 Å². The van der Waals surface area contributed by atoms with Crippen LogP contribution in [0.1, 0.15) is 37.0 Å². The highest BCUT2D eigenvalue weighted by Crippen LogP contribution is 2.09. The number of pyridine rings is 1. The standard InChI is InChI=1S/C12H19N3O2/c1-3-12(13,4-2)8-15-11(17)9-5-6-10(16)14-7-9/h5-7H,3-4,8,13H2,1-2H3,(H,14,16)(H,15,17). The normalized spacial score (nSPS) is 11.2. The van der Waals surface area contributed by atoms with Gasteiger partial charge in [0.2, 0.25) is 5.56 Å². The highest BCUT2D eigenvalue weighted by Gasteiger charge is 2.21. The summed E-state index contributed by atoms with van der Waals surface area (Å²) in [4.78, 5) is 25.1. The molecule has 94 valence electrons. The summed E-state index contributed by atoms with van der Waals surface area (Å²) in [6, 6.07) is 2.81. The number of hydrogen-bond donors (Lipinski definition) is 3. The van der Waals surface area contributed by atoms with Gasteiger partial charge in [-0.3, -0.25) is 9.59 Å². The fraction of sp³-hybridized carbons (Fsp3) is 0.500. The van der Waals surface area contributed by atoms with Crippen LogP contribution in [0.3, 0.4) is 0 Å². The van der Waals surface area contributed by atoms with Gasteiger partial charge in [0.15, 0.2) is 0 Å². The molecule has 17 heavy (non-hydrogen) atoms. The van der Waals surface area contributed by atoms with Crippen molar-refractivity contribution in [3.63, 3.8) is 0 Å². The van der Waals surface area contributed by atoms with Crippen molar-refractivity contribution in [3.8, 4) is 0 Å². The summed E-state index contributed by atoms with van der Waals surface area (Å²) in [5.74, 6) is -0.224. The first-order chi connectivity index (χ1) is 8.00. The first-order valence-corrected chi connectivity index (χ1v) is 5.76. The van der Waals surface area contributed by atoms with E-state index in [4.69, 9.17) is 5.73 Å². The SMILES string of the molecule is CCC(N)(CC)CNC(=O)c1ccc(=O)[nH]c1. The van der Waals surface area contributed by atoms with Gasteiger partial charge in [-0.15, -0.1) is 0 Å². The molecule has 0 saturated heterocycles. The summed E-state index contributed by atoms with van der Waals surface area (Å²) in [7, 11) is 0. The van der Waals surface area contributed by atoms with E-state index in [0.29, 0.717) is 12.1 Å². The van der Waals surface area contributed by atoms with Gasteiger partial charge in [0.25, 0.3) is 5.91 Å². The minimum absolute atomic E-state index is 0.224. The molecule has 0 atom stereocenters. The maximum absolute atomic E-state index is 11.7. The van der Waals surface area contributed by atoms with Gasteiger partial charge in [-0.05, 0) is 18.9 Å². The molecule has 0 saturated carbocycles. The summed E-state index contributed by atoms with van der Waals surface area (Å²) < 4.78 is 0. The number of carbonyl (C=O) groups is 1. The molecule has 0 radical (unpaired) electrons. The Morgan fingerprint density at radius 2 is 2.06 bits per heavy atom. The molecule has 1 heterocycles. The molecule has 1 rings (SSSR count). The molecule has 1 aromatic rings. The van der Waals surface area contributed by atoms with E-state index in [-0.39, 0.29) is 17.0 Å². The average Bonchev–Trinajstić information content (AvgIpc) is 2.36. The lowest BCUT2D eigenvalue weighted by atomic mass is 9.94. The minimum Gasteiger partial charge on any atom is -0.350 e. The first-order valence-electron chi connectivity index (χ1n) is 5.76. The summed E-state index contributed by atoms with van der Waals surface area (Å²) in [5.41, 5.74) is 5.92. The van der Waals surface area contributed by atoms with E-state index in [0.717, 1.165) is 12.8 Å². The smallest absolute Gasteiger partial charge is 0.252 e. The van der Waals surface area contributed by atoms with Crippen LogP contribution < -0.4 is 16.6 Å². The van der Waals surface area contributed by atoms with Crippen molar-refractivity contribution >= 4 is 5.91 Å². The molecule has 0 aliphatic heterocycles. The number of carbonyl (C=O) groups excluding carboxylic acids is 1. The van der Waals surface area contributed by atoms with Gasteiger partial charge >= 0.3 is 0 Å². The van der Waals surface area contributed by atoms with E-state index >= 15 is 0 Å². The number of hydrogen-bond acceptors (Lipinski definition) is 3. The maximum atomic E-state index is 11.7. The van der Waals surface area contributed by atoms with Crippen molar-refractivity contribution in [2.45, 2.75) is 32.2 Å². The monoisotopic (exact) mass is 237 g/mol. The van der Waals surface area contributed by atoms with Crippen LogP contribution in [0.15, 0.2) is 23.1 Å². The van der Waals surface area contributed by atoms with Gasteiger partial charge in [-0.25, -0.2) is 0 Å². The zero-order valence-corrected chi connectivity index (χ0v) is 10.2. The lowest BCUT2D eigenvalue weighted by Gasteiger charge is -2.26. The number of H-pyrrole nitrogens is 1. The maximum Gasteiger partial charge on any atom is 0.252 e. The predicted molar refractivity (Wildman–Crippen MR) is 66.9 cm³/mol. The van der Waals surface area contributed by atoms with Crippen LogP contribution in [0, 0.1) is 0 Å². The molecule has 4 N–H and O–H groups in total. The van der Waals surface area contributed by atoms with Crippen LogP contribution in [0.2, 0.25) is 0 Å². The van der Waals surface area contributed by atoms with Crippen LogP contribution >= 0.6 is 0 Å². The molecule has 1 amide bonds. The van der Waals surface area contributed by atoms with Crippen LogP contribution in [-0.2, 0) is 0 Å². The third kappa shape index (κ3) is 3.71. The Hall–Kier alpha value is -1.62. The molecule has 0 spiro atoms. The van der Waals surface area contributed by atoms with Crippen molar-refractivity contribution in [1.29, 1.82) is 0 Å². The molecular weight excluding hydrogens is 218 g/mol. The lowest BCUT2D eigenvalue weighted by molar-refractivity contribution is 0.0942. The Morgan fingerprint density at radius 1 is 1.41 bits per heavy atom. The van der Waals surface area contributed by atoms with Crippen molar-refractivity contribution in [3.05, 3.63) is 34.2 Å². The van der Waals surface area contributed by atoms with Gasteiger partial charge in [0.05, 0.1) is 5.56 Å². The van der Waals surface area contributed by atoms with Crippen LogP contribution in [-0.4, -0.2) is 23.0 Å². The van der Waals surface area contributed by atoms with E-state index in [1.165, 1.54) is 18.3 Å². The second-order valence-corrected chi connectivity index (χ2v) is 4.19. The summed E-state index contributed by atoms with van der Waals surface area (Å²) in [5, 5.41) is 2.77. The second-order valence-electron chi connectivity index (χ2n) is 4.19. The minimum atomic E-state index is -0.363. The summed E-state index contributed by atoms with van der Waals surface area (Å²) in [6.07, 6.45) is 3.00. The second kappa shape index (κ2) is 5.63. The zero-order chi connectivity index (χ0) is 12.9. The fourth-order valence-corrected chi connectivity index (χ4v) is 1.41. The van der Waals surface area contributed by atoms with E-state index < -0.39 is 0 Å². The molecule has 0 unspecified atom stereocenters. The van der Waals surface area contributed by atoms with Crippen molar-refractivity contribution in [1.82, 2.24) is 10.3 Å². The van der Waals surface area contributed by atoms with Gasteiger partial charge in [-0.1, -0.05) is 13.8 Å². The molecular formula is C12H19N3O2. The number of aromatic nitrogens is 1. The molecule has 0 fully saturated rings. The Bertz CT molecular complexity index is 415. The van der Waals surface area contributed by atoms with Crippen LogP contribution in [0.25, 0.3) is 0 Å². The number of nitrogens with two attached hydrogens (primary N) is 1. The quantitative estimate of drug-likeness (QED) is 0.701. The van der Waals surface area contributed by atoms with Gasteiger partial charge in [-0.2, -0.15) is 0 Å². The van der Waals surface area contributed by atoms with Crippen molar-refractivity contribution < 1.29 is 4.79 Å². The third-order valence-corrected chi connectivity index (χ3v) is 3.06. The summed E-state index contributed by atoms with van der Waals surface area (Å²) >= 11 is 0. The van der Waals surface area contributed by atoms with Gasteiger partial charge < -0.3 is 16.0 Å². The van der Waals surface area contributed by atoms with Gasteiger partial charge in [0, 0.05) is 24.3 Å². The molecule has 0 bridgehead atoms. The van der Waals surface area contributed by atoms with Crippen LogP contribution in [0.4, 0.5) is 0 Å². The van der Waals surface area contributed by atoms with E-state index in [1.807, 2.05) is 13.8 Å². The number of aromatic amines is 1. The zero-order valence-electron chi connectivity index (χ0n) is 10.2. The van der Waals surface area contributed by atoms with E-state index in [1.54, 1.807) is 0 Å². The number of amides is 1. The molecule has 0 aliphatic carbocycles. The topological polar surface area (TPSA) is 88.0 Å². The highest BCUT2D eigenvalue weighted by molar-refractivity contribution is 5.93. The molecule has 0 aromatic carbocycles. The Morgan fingerprint density at radius 3 is 2.53 bits per heavy atom. The Balaban J connectivity index is 2.61. The van der Waals surface area contributed by atoms with Gasteiger partial charge in [0.1, 0.15) is 0 Å². The summed E-state index contributed by atoms with van der Waals surface area (Å²) in [6.45, 7) is 4.42. The molecule has 0 aliphatic rings. The third-order valence-electron chi connectivity index (χ3n) is 3.06. The lowest BCUT2D eigenvalue weighted by Crippen LogP contribution is -2.49.